The van der Waals surface area contributed by atoms with E-state index in [9.17, 15) is 9.18 Å². The largest absolute Gasteiger partial charge is 0.379 e. The molecule has 1 aromatic carbocycles. The first-order valence-corrected chi connectivity index (χ1v) is 9.18. The number of anilines is 1. The van der Waals surface area contributed by atoms with Crippen molar-refractivity contribution in [1.82, 2.24) is 9.80 Å². The number of hydrogen-bond donors (Lipinski definition) is 1. The van der Waals surface area contributed by atoms with Gasteiger partial charge in [-0.2, -0.15) is 0 Å². The zero-order valence-corrected chi connectivity index (χ0v) is 15.0. The van der Waals surface area contributed by atoms with E-state index in [0.29, 0.717) is 23.7 Å². The van der Waals surface area contributed by atoms with Crippen molar-refractivity contribution in [3.63, 3.8) is 0 Å². The molecule has 0 aromatic heterocycles. The molecular weight excluding hydrogens is 321 g/mol. The van der Waals surface area contributed by atoms with Crippen LogP contribution in [0.1, 0.15) is 18.4 Å². The zero-order chi connectivity index (χ0) is 17.6. The number of amides is 1. The molecule has 1 amide bonds. The van der Waals surface area contributed by atoms with Gasteiger partial charge in [0.15, 0.2) is 0 Å². The van der Waals surface area contributed by atoms with Crippen LogP contribution in [-0.4, -0.2) is 68.2 Å². The van der Waals surface area contributed by atoms with Crippen molar-refractivity contribution >= 4 is 11.6 Å². The third-order valence-electron chi connectivity index (χ3n) is 5.15. The number of hydrogen-bond acceptors (Lipinski definition) is 4. The number of aryl methyl sites for hydroxylation is 1. The summed E-state index contributed by atoms with van der Waals surface area (Å²) in [6, 6.07) is 4.80. The van der Waals surface area contributed by atoms with E-state index in [2.05, 4.69) is 15.1 Å². The molecular formula is C19H28FN3O2. The first kappa shape index (κ1) is 18.3. The molecule has 0 atom stereocenters. The van der Waals surface area contributed by atoms with Gasteiger partial charge in [-0.1, -0.05) is 6.07 Å². The average molecular weight is 349 g/mol. The lowest BCUT2D eigenvalue weighted by Crippen LogP contribution is -2.44. The Labute approximate surface area is 149 Å². The number of likely N-dealkylation sites (tertiary alicyclic amines) is 1. The standard InChI is InChI=1S/C19H28FN3O2/c1-15-2-3-17(12-18(15)20)21-19(24)14-22-6-4-16(5-7-22)13-23-8-10-25-11-9-23/h2-3,12,16H,4-11,13-14H2,1H3,(H,21,24). The number of nitrogens with one attached hydrogen (secondary N) is 1. The average Bonchev–Trinajstić information content (AvgIpc) is 2.61. The van der Waals surface area contributed by atoms with Crippen LogP contribution in [0.2, 0.25) is 0 Å². The first-order valence-electron chi connectivity index (χ1n) is 9.18. The van der Waals surface area contributed by atoms with Gasteiger partial charge in [0.2, 0.25) is 5.91 Å². The molecule has 1 N–H and O–H groups in total. The maximum atomic E-state index is 13.6. The molecule has 3 rings (SSSR count). The van der Waals surface area contributed by atoms with E-state index in [1.807, 2.05) is 0 Å². The smallest absolute Gasteiger partial charge is 0.238 e. The van der Waals surface area contributed by atoms with Gasteiger partial charge >= 0.3 is 0 Å². The number of nitrogens with zero attached hydrogens (tertiary/aromatic N) is 2. The summed E-state index contributed by atoms with van der Waals surface area (Å²) < 4.78 is 18.9. The summed E-state index contributed by atoms with van der Waals surface area (Å²) in [7, 11) is 0. The summed E-state index contributed by atoms with van der Waals surface area (Å²) in [4.78, 5) is 16.9. The van der Waals surface area contributed by atoms with Crippen molar-refractivity contribution in [2.45, 2.75) is 19.8 Å². The number of carbonyl (C=O) groups is 1. The van der Waals surface area contributed by atoms with Crippen LogP contribution in [0.15, 0.2) is 18.2 Å². The molecule has 0 spiro atoms. The number of rotatable bonds is 5. The second-order valence-electron chi connectivity index (χ2n) is 7.14. The Morgan fingerprint density at radius 1 is 1.20 bits per heavy atom. The Kier molecular flexibility index (Phi) is 6.39. The van der Waals surface area contributed by atoms with Crippen molar-refractivity contribution in [3.05, 3.63) is 29.6 Å². The molecule has 25 heavy (non-hydrogen) atoms. The van der Waals surface area contributed by atoms with E-state index >= 15 is 0 Å². The normalized spacial score (nSPS) is 20.6. The summed E-state index contributed by atoms with van der Waals surface area (Å²) in [5, 5.41) is 2.79. The molecule has 2 heterocycles. The van der Waals surface area contributed by atoms with Crippen molar-refractivity contribution in [2.24, 2.45) is 5.92 Å². The van der Waals surface area contributed by atoms with Crippen molar-refractivity contribution in [1.29, 1.82) is 0 Å². The van der Waals surface area contributed by atoms with E-state index in [1.54, 1.807) is 19.1 Å². The summed E-state index contributed by atoms with van der Waals surface area (Å²) in [5.41, 5.74) is 1.11. The molecule has 2 saturated heterocycles. The summed E-state index contributed by atoms with van der Waals surface area (Å²) >= 11 is 0. The molecule has 6 heteroatoms. The Hall–Kier alpha value is -1.50. The highest BCUT2D eigenvalue weighted by Crippen LogP contribution is 2.19. The second kappa shape index (κ2) is 8.74. The first-order chi connectivity index (χ1) is 12.1. The Morgan fingerprint density at radius 2 is 1.92 bits per heavy atom. The van der Waals surface area contributed by atoms with Gasteiger partial charge in [0.05, 0.1) is 19.8 Å². The molecule has 2 aliphatic heterocycles. The van der Waals surface area contributed by atoms with Crippen molar-refractivity contribution in [3.8, 4) is 0 Å². The third-order valence-corrected chi connectivity index (χ3v) is 5.15. The summed E-state index contributed by atoms with van der Waals surface area (Å²) in [6.07, 6.45) is 2.26. The van der Waals surface area contributed by atoms with E-state index in [4.69, 9.17) is 4.74 Å². The fourth-order valence-corrected chi connectivity index (χ4v) is 3.55. The van der Waals surface area contributed by atoms with Crippen LogP contribution in [0.4, 0.5) is 10.1 Å². The number of piperidine rings is 1. The lowest BCUT2D eigenvalue weighted by molar-refractivity contribution is -0.117. The van der Waals surface area contributed by atoms with E-state index in [0.717, 1.165) is 58.8 Å². The molecule has 0 unspecified atom stereocenters. The Balaban J connectivity index is 1.39. The fraction of sp³-hybridized carbons (Fsp3) is 0.632. The van der Waals surface area contributed by atoms with Crippen LogP contribution in [-0.2, 0) is 9.53 Å². The van der Waals surface area contributed by atoms with E-state index in [1.165, 1.54) is 6.07 Å². The van der Waals surface area contributed by atoms with Gasteiger partial charge < -0.3 is 10.1 Å². The molecule has 2 aliphatic rings. The number of carbonyl (C=O) groups excluding carboxylic acids is 1. The fourth-order valence-electron chi connectivity index (χ4n) is 3.55. The lowest BCUT2D eigenvalue weighted by Gasteiger charge is -2.35. The highest BCUT2D eigenvalue weighted by atomic mass is 19.1. The predicted octanol–water partition coefficient (Wildman–Crippen LogP) is 2.12. The Bertz CT molecular complexity index is 582. The van der Waals surface area contributed by atoms with Gasteiger partial charge in [0.25, 0.3) is 0 Å². The van der Waals surface area contributed by atoms with Crippen molar-refractivity contribution < 1.29 is 13.9 Å². The number of halogens is 1. The van der Waals surface area contributed by atoms with Gasteiger partial charge in [-0.05, 0) is 56.5 Å². The Morgan fingerprint density at radius 3 is 2.60 bits per heavy atom. The van der Waals surface area contributed by atoms with Crippen LogP contribution < -0.4 is 5.32 Å². The third kappa shape index (κ3) is 5.49. The number of morpholine rings is 1. The van der Waals surface area contributed by atoms with Crippen LogP contribution in [0.25, 0.3) is 0 Å². The molecule has 138 valence electrons. The molecule has 1 aromatic rings. The maximum absolute atomic E-state index is 13.6. The van der Waals surface area contributed by atoms with Crippen LogP contribution in [0.3, 0.4) is 0 Å². The molecule has 0 bridgehead atoms. The van der Waals surface area contributed by atoms with Gasteiger partial charge in [-0.25, -0.2) is 4.39 Å². The van der Waals surface area contributed by atoms with Crippen molar-refractivity contribution in [2.75, 3.05) is 57.8 Å². The lowest BCUT2D eigenvalue weighted by atomic mass is 9.96. The maximum Gasteiger partial charge on any atom is 0.238 e. The molecule has 0 saturated carbocycles. The molecule has 0 radical (unpaired) electrons. The topological polar surface area (TPSA) is 44.8 Å². The van der Waals surface area contributed by atoms with Gasteiger partial charge in [0, 0.05) is 25.3 Å². The highest BCUT2D eigenvalue weighted by molar-refractivity contribution is 5.92. The van der Waals surface area contributed by atoms with E-state index < -0.39 is 0 Å². The highest BCUT2D eigenvalue weighted by Gasteiger charge is 2.23. The minimum Gasteiger partial charge on any atom is -0.379 e. The quantitative estimate of drug-likeness (QED) is 0.884. The minimum atomic E-state index is -0.290. The number of benzene rings is 1. The summed E-state index contributed by atoms with van der Waals surface area (Å²) in [6.45, 7) is 8.89. The van der Waals surface area contributed by atoms with Crippen LogP contribution >= 0.6 is 0 Å². The second-order valence-corrected chi connectivity index (χ2v) is 7.14. The molecule has 2 fully saturated rings. The predicted molar refractivity (Wildman–Crippen MR) is 96.2 cm³/mol. The zero-order valence-electron chi connectivity index (χ0n) is 15.0. The minimum absolute atomic E-state index is 0.0742. The van der Waals surface area contributed by atoms with E-state index in [-0.39, 0.29) is 11.7 Å². The van der Waals surface area contributed by atoms with Crippen LogP contribution in [0, 0.1) is 18.7 Å². The molecule has 0 aliphatic carbocycles. The SMILES string of the molecule is Cc1ccc(NC(=O)CN2CCC(CN3CCOCC3)CC2)cc1F. The number of ether oxygens (including phenoxy) is 1. The van der Waals surface area contributed by atoms with Gasteiger partial charge in [-0.15, -0.1) is 0 Å². The molecule has 5 nitrogen and oxygen atoms in total. The summed E-state index contributed by atoms with van der Waals surface area (Å²) in [5.74, 6) is 0.347. The van der Waals surface area contributed by atoms with Crippen LogP contribution in [0.5, 0.6) is 0 Å². The van der Waals surface area contributed by atoms with Gasteiger partial charge in [-0.3, -0.25) is 14.6 Å². The monoisotopic (exact) mass is 349 g/mol. The van der Waals surface area contributed by atoms with Gasteiger partial charge in [0.1, 0.15) is 5.82 Å².